The van der Waals surface area contributed by atoms with E-state index in [1.165, 1.54) is 0 Å². The number of carboxylic acid groups (broad SMARTS) is 1. The maximum atomic E-state index is 11.7. The lowest BCUT2D eigenvalue weighted by atomic mass is 10.1. The van der Waals surface area contributed by atoms with Gasteiger partial charge in [0.15, 0.2) is 6.61 Å². The van der Waals surface area contributed by atoms with Crippen LogP contribution < -0.4 is 10.1 Å². The Hall–Kier alpha value is -1.75. The van der Waals surface area contributed by atoms with Gasteiger partial charge in [-0.2, -0.15) is 0 Å². The number of nitrogens with one attached hydrogen (secondary N) is 1. The van der Waals surface area contributed by atoms with Gasteiger partial charge in [-0.25, -0.2) is 4.79 Å². The third kappa shape index (κ3) is 4.42. The van der Waals surface area contributed by atoms with Crippen LogP contribution in [0.1, 0.15) is 19.4 Å². The Morgan fingerprint density at radius 2 is 2.05 bits per heavy atom. The maximum Gasteiger partial charge on any atom is 0.326 e. The van der Waals surface area contributed by atoms with Crippen LogP contribution in [0.4, 0.5) is 0 Å². The summed E-state index contributed by atoms with van der Waals surface area (Å²) < 4.78 is 5.35. The van der Waals surface area contributed by atoms with Crippen LogP contribution in [0, 0.1) is 12.8 Å². The minimum Gasteiger partial charge on any atom is -0.483 e. The topological polar surface area (TPSA) is 75.6 Å². The van der Waals surface area contributed by atoms with Gasteiger partial charge in [0.2, 0.25) is 0 Å². The molecule has 0 aliphatic heterocycles. The lowest BCUT2D eigenvalue weighted by Gasteiger charge is -2.18. The molecule has 110 valence electrons. The Bertz CT molecular complexity index is 502. The SMILES string of the molecule is Cc1c(Cl)cccc1OCC(=O)NC(C(=O)O)C(C)C. The highest BCUT2D eigenvalue weighted by Gasteiger charge is 2.23. The minimum absolute atomic E-state index is 0.204. The summed E-state index contributed by atoms with van der Waals surface area (Å²) in [5.74, 6) is -1.24. The van der Waals surface area contributed by atoms with Crippen molar-refractivity contribution in [3.05, 3.63) is 28.8 Å². The highest BCUT2D eigenvalue weighted by molar-refractivity contribution is 6.31. The number of carbonyl (C=O) groups excluding carboxylic acids is 1. The largest absolute Gasteiger partial charge is 0.483 e. The summed E-state index contributed by atoms with van der Waals surface area (Å²) in [6.45, 7) is 4.98. The fraction of sp³-hybridized carbons (Fsp3) is 0.429. The highest BCUT2D eigenvalue weighted by Crippen LogP contribution is 2.24. The number of carboxylic acids is 1. The molecule has 0 saturated carbocycles. The number of ether oxygens (including phenoxy) is 1. The summed E-state index contributed by atoms with van der Waals surface area (Å²) in [6, 6.07) is 4.22. The van der Waals surface area contributed by atoms with E-state index in [9.17, 15) is 9.59 Å². The lowest BCUT2D eigenvalue weighted by molar-refractivity contribution is -0.143. The van der Waals surface area contributed by atoms with Crippen molar-refractivity contribution in [3.63, 3.8) is 0 Å². The minimum atomic E-state index is -1.06. The summed E-state index contributed by atoms with van der Waals surface area (Å²) in [4.78, 5) is 22.7. The van der Waals surface area contributed by atoms with E-state index in [0.717, 1.165) is 5.56 Å². The van der Waals surface area contributed by atoms with Crippen molar-refractivity contribution in [3.8, 4) is 5.75 Å². The molecule has 20 heavy (non-hydrogen) atoms. The van der Waals surface area contributed by atoms with E-state index in [-0.39, 0.29) is 12.5 Å². The van der Waals surface area contributed by atoms with Crippen molar-refractivity contribution >= 4 is 23.5 Å². The van der Waals surface area contributed by atoms with Crippen molar-refractivity contribution in [2.75, 3.05) is 6.61 Å². The molecule has 1 aromatic rings. The van der Waals surface area contributed by atoms with Gasteiger partial charge >= 0.3 is 5.97 Å². The zero-order valence-corrected chi connectivity index (χ0v) is 12.4. The standard InChI is InChI=1S/C14H18ClNO4/c1-8(2)13(14(18)19)16-12(17)7-20-11-6-4-5-10(15)9(11)3/h4-6,8,13H,7H2,1-3H3,(H,16,17)(H,18,19). The molecule has 0 heterocycles. The zero-order valence-electron chi connectivity index (χ0n) is 11.6. The third-order valence-electron chi connectivity index (χ3n) is 2.83. The fourth-order valence-corrected chi connectivity index (χ4v) is 1.78. The average Bonchev–Trinajstić information content (AvgIpc) is 2.37. The number of amides is 1. The molecular formula is C14H18ClNO4. The van der Waals surface area contributed by atoms with Crippen LogP contribution >= 0.6 is 11.6 Å². The number of hydrogen-bond donors (Lipinski definition) is 2. The number of aliphatic carboxylic acids is 1. The van der Waals surface area contributed by atoms with E-state index in [1.807, 2.05) is 0 Å². The molecule has 1 unspecified atom stereocenters. The fourth-order valence-electron chi connectivity index (χ4n) is 1.62. The molecule has 0 fully saturated rings. The monoisotopic (exact) mass is 299 g/mol. The van der Waals surface area contributed by atoms with Crippen molar-refractivity contribution in [2.24, 2.45) is 5.92 Å². The first-order valence-corrected chi connectivity index (χ1v) is 6.60. The first-order valence-electron chi connectivity index (χ1n) is 6.23. The van der Waals surface area contributed by atoms with Crippen LogP contribution in [0.3, 0.4) is 0 Å². The van der Waals surface area contributed by atoms with Gasteiger partial charge in [-0.1, -0.05) is 31.5 Å². The molecule has 1 atom stereocenters. The lowest BCUT2D eigenvalue weighted by Crippen LogP contribution is -2.46. The first-order chi connectivity index (χ1) is 9.32. The van der Waals surface area contributed by atoms with E-state index in [2.05, 4.69) is 5.32 Å². The Labute approximate surface area is 122 Å². The molecule has 0 radical (unpaired) electrons. The van der Waals surface area contributed by atoms with E-state index in [0.29, 0.717) is 10.8 Å². The van der Waals surface area contributed by atoms with Crippen molar-refractivity contribution in [2.45, 2.75) is 26.8 Å². The van der Waals surface area contributed by atoms with Crippen LogP contribution in [0.15, 0.2) is 18.2 Å². The average molecular weight is 300 g/mol. The number of benzene rings is 1. The van der Waals surface area contributed by atoms with Crippen LogP contribution in [0.2, 0.25) is 5.02 Å². The summed E-state index contributed by atoms with van der Waals surface area (Å²) in [7, 11) is 0. The second-order valence-corrected chi connectivity index (χ2v) is 5.19. The molecule has 0 aromatic heterocycles. The molecule has 0 saturated heterocycles. The normalized spacial score (nSPS) is 12.1. The summed E-state index contributed by atoms with van der Waals surface area (Å²) in [6.07, 6.45) is 0. The van der Waals surface area contributed by atoms with Gasteiger partial charge in [-0.3, -0.25) is 4.79 Å². The molecule has 5 nitrogen and oxygen atoms in total. The highest BCUT2D eigenvalue weighted by atomic mass is 35.5. The molecule has 1 rings (SSSR count). The van der Waals surface area contributed by atoms with Gasteiger partial charge in [-0.15, -0.1) is 0 Å². The Morgan fingerprint density at radius 1 is 1.40 bits per heavy atom. The number of halogens is 1. The molecule has 0 spiro atoms. The molecule has 0 aliphatic rings. The second-order valence-electron chi connectivity index (χ2n) is 4.78. The van der Waals surface area contributed by atoms with E-state index in [4.69, 9.17) is 21.4 Å². The van der Waals surface area contributed by atoms with E-state index >= 15 is 0 Å². The molecular weight excluding hydrogens is 282 g/mol. The van der Waals surface area contributed by atoms with Gasteiger partial charge in [-0.05, 0) is 25.0 Å². The van der Waals surface area contributed by atoms with Gasteiger partial charge in [0.05, 0.1) is 0 Å². The van der Waals surface area contributed by atoms with Crippen LogP contribution in [0.5, 0.6) is 5.75 Å². The number of hydrogen-bond acceptors (Lipinski definition) is 3. The first kappa shape index (κ1) is 16.3. The molecule has 1 amide bonds. The maximum absolute atomic E-state index is 11.7. The smallest absolute Gasteiger partial charge is 0.326 e. The number of carbonyl (C=O) groups is 2. The second kappa shape index (κ2) is 7.14. The predicted molar refractivity (Wildman–Crippen MR) is 76.1 cm³/mol. The zero-order chi connectivity index (χ0) is 15.3. The van der Waals surface area contributed by atoms with Crippen molar-refractivity contribution in [1.82, 2.24) is 5.32 Å². The van der Waals surface area contributed by atoms with Crippen LogP contribution in [0.25, 0.3) is 0 Å². The van der Waals surface area contributed by atoms with E-state index < -0.39 is 17.9 Å². The molecule has 1 aromatic carbocycles. The molecule has 6 heteroatoms. The van der Waals surface area contributed by atoms with Crippen molar-refractivity contribution in [1.29, 1.82) is 0 Å². The summed E-state index contributed by atoms with van der Waals surface area (Å²) in [5, 5.41) is 12.0. The number of rotatable bonds is 6. The van der Waals surface area contributed by atoms with Crippen molar-refractivity contribution < 1.29 is 19.4 Å². The summed E-state index contributed by atoms with van der Waals surface area (Å²) in [5.41, 5.74) is 0.737. The summed E-state index contributed by atoms with van der Waals surface area (Å²) >= 11 is 5.94. The third-order valence-corrected chi connectivity index (χ3v) is 3.24. The molecule has 0 aliphatic carbocycles. The Kier molecular flexibility index (Phi) is 5.82. The van der Waals surface area contributed by atoms with Gasteiger partial charge in [0, 0.05) is 10.6 Å². The quantitative estimate of drug-likeness (QED) is 0.845. The predicted octanol–water partition coefficient (Wildman–Crippen LogP) is 2.25. The van der Waals surface area contributed by atoms with Gasteiger partial charge in [0.1, 0.15) is 11.8 Å². The van der Waals surface area contributed by atoms with Crippen LogP contribution in [-0.4, -0.2) is 29.6 Å². The van der Waals surface area contributed by atoms with Gasteiger partial charge in [0.25, 0.3) is 5.91 Å². The van der Waals surface area contributed by atoms with Gasteiger partial charge < -0.3 is 15.2 Å². The van der Waals surface area contributed by atoms with Crippen LogP contribution in [-0.2, 0) is 9.59 Å². The Morgan fingerprint density at radius 3 is 2.60 bits per heavy atom. The Balaban J connectivity index is 2.59. The van der Waals surface area contributed by atoms with E-state index in [1.54, 1.807) is 39.0 Å². The molecule has 2 N–H and O–H groups in total. The molecule has 0 bridgehead atoms.